The van der Waals surface area contributed by atoms with E-state index in [9.17, 15) is 9.59 Å². The Morgan fingerprint density at radius 1 is 1.00 bits per heavy atom. The van der Waals surface area contributed by atoms with E-state index in [4.69, 9.17) is 16.1 Å². The highest BCUT2D eigenvalue weighted by Gasteiger charge is 2.39. The van der Waals surface area contributed by atoms with Crippen molar-refractivity contribution in [1.82, 2.24) is 34.8 Å². The highest BCUT2D eigenvalue weighted by Crippen LogP contribution is 2.42. The lowest BCUT2D eigenvalue weighted by atomic mass is 9.90. The van der Waals surface area contributed by atoms with Crippen LogP contribution in [0.1, 0.15) is 28.6 Å². The predicted octanol–water partition coefficient (Wildman–Crippen LogP) is 4.36. The fourth-order valence-corrected chi connectivity index (χ4v) is 6.37. The second-order valence-corrected chi connectivity index (χ2v) is 11.4. The molecule has 1 atom stereocenters. The van der Waals surface area contributed by atoms with Crippen LogP contribution >= 0.6 is 11.6 Å². The molecule has 1 unspecified atom stereocenters. The topological polar surface area (TPSA) is 116 Å². The summed E-state index contributed by atoms with van der Waals surface area (Å²) in [6, 6.07) is 18.9. The molecule has 0 radical (unpaired) electrons. The van der Waals surface area contributed by atoms with E-state index in [1.807, 2.05) is 73.3 Å². The first-order chi connectivity index (χ1) is 21.3. The molecule has 2 aliphatic rings. The van der Waals surface area contributed by atoms with Crippen molar-refractivity contribution in [3.8, 4) is 11.1 Å². The minimum atomic E-state index is -0.454. The van der Waals surface area contributed by atoms with E-state index in [1.165, 1.54) is 4.52 Å². The summed E-state index contributed by atoms with van der Waals surface area (Å²) in [7, 11) is 1.75. The van der Waals surface area contributed by atoms with Crippen LogP contribution in [0.5, 0.6) is 0 Å². The van der Waals surface area contributed by atoms with Crippen molar-refractivity contribution in [3.63, 3.8) is 0 Å². The van der Waals surface area contributed by atoms with E-state index < -0.39 is 6.04 Å². The molecule has 3 aromatic heterocycles. The van der Waals surface area contributed by atoms with Gasteiger partial charge in [0.1, 0.15) is 18.1 Å². The maximum atomic E-state index is 13.9. The third kappa shape index (κ3) is 4.71. The quantitative estimate of drug-likeness (QED) is 0.288. The molecule has 0 aliphatic carbocycles. The Kier molecular flexibility index (Phi) is 6.92. The molecule has 5 heterocycles. The van der Waals surface area contributed by atoms with Gasteiger partial charge in [0.05, 0.1) is 17.4 Å². The molecule has 0 bridgehead atoms. The number of hydrogen-bond donors (Lipinski definition) is 0. The van der Waals surface area contributed by atoms with Crippen molar-refractivity contribution >= 4 is 40.7 Å². The van der Waals surface area contributed by atoms with E-state index in [2.05, 4.69) is 31.4 Å². The molecule has 224 valence electrons. The largest absolute Gasteiger partial charge is 0.361 e. The zero-order valence-electron chi connectivity index (χ0n) is 24.5. The van der Waals surface area contributed by atoms with Crippen LogP contribution < -0.4 is 9.80 Å². The number of fused-ring (bicyclic) bond motifs is 2. The Balaban J connectivity index is 1.16. The van der Waals surface area contributed by atoms with E-state index in [0.717, 1.165) is 45.2 Å². The Bertz CT molecular complexity index is 1860. The Morgan fingerprint density at radius 2 is 1.77 bits per heavy atom. The summed E-state index contributed by atoms with van der Waals surface area (Å²) < 4.78 is 6.94. The van der Waals surface area contributed by atoms with Crippen LogP contribution in [-0.2, 0) is 4.79 Å². The number of hydrogen-bond acceptors (Lipinski definition) is 8. The molecule has 1 saturated heterocycles. The van der Waals surface area contributed by atoms with Gasteiger partial charge in [-0.3, -0.25) is 9.69 Å². The Hall–Kier alpha value is -4.97. The number of urea groups is 1. The van der Waals surface area contributed by atoms with Gasteiger partial charge in [-0.05, 0) is 60.8 Å². The average Bonchev–Trinajstić information content (AvgIpc) is 3.59. The molecule has 13 heteroatoms. The van der Waals surface area contributed by atoms with Crippen molar-refractivity contribution in [2.24, 2.45) is 0 Å². The lowest BCUT2D eigenvalue weighted by Crippen LogP contribution is -2.55. The molecule has 2 aromatic carbocycles. The van der Waals surface area contributed by atoms with Crippen LogP contribution in [0.4, 0.5) is 16.3 Å². The zero-order valence-corrected chi connectivity index (χ0v) is 25.3. The summed E-state index contributed by atoms with van der Waals surface area (Å²) in [6.45, 7) is 5.91. The highest BCUT2D eigenvalue weighted by molar-refractivity contribution is 6.28. The maximum Gasteiger partial charge on any atom is 0.325 e. The van der Waals surface area contributed by atoms with Crippen molar-refractivity contribution in [1.29, 1.82) is 0 Å². The average molecular weight is 612 g/mol. The van der Waals surface area contributed by atoms with E-state index >= 15 is 0 Å². The SMILES string of the molecule is Cc1noc(C)c1-c1ccc2c(c1)C(c1ccccc1)N(CC(=O)N1CCN(c3ccc4nnc(Cl)n4n3)CC1)C(=O)N2C. The van der Waals surface area contributed by atoms with Crippen LogP contribution in [0.3, 0.4) is 0 Å². The van der Waals surface area contributed by atoms with E-state index in [0.29, 0.717) is 31.8 Å². The summed E-state index contributed by atoms with van der Waals surface area (Å²) >= 11 is 6.11. The molecule has 7 rings (SSSR count). The molecular formula is C31H30ClN9O3. The van der Waals surface area contributed by atoms with Gasteiger partial charge in [-0.25, -0.2) is 4.79 Å². The minimum Gasteiger partial charge on any atom is -0.361 e. The second kappa shape index (κ2) is 10.9. The van der Waals surface area contributed by atoms with Gasteiger partial charge < -0.3 is 19.2 Å². The Morgan fingerprint density at radius 3 is 2.50 bits per heavy atom. The number of anilines is 2. The molecular weight excluding hydrogens is 582 g/mol. The first-order valence-corrected chi connectivity index (χ1v) is 14.7. The van der Waals surface area contributed by atoms with Crippen LogP contribution in [0.15, 0.2) is 65.2 Å². The van der Waals surface area contributed by atoms with Gasteiger partial charge >= 0.3 is 6.03 Å². The van der Waals surface area contributed by atoms with Crippen LogP contribution in [0, 0.1) is 13.8 Å². The van der Waals surface area contributed by atoms with Crippen molar-refractivity contribution in [2.75, 3.05) is 49.6 Å². The number of aromatic nitrogens is 5. The van der Waals surface area contributed by atoms with E-state index in [1.54, 1.807) is 16.8 Å². The highest BCUT2D eigenvalue weighted by atomic mass is 35.5. The number of carbonyl (C=O) groups is 2. The summed E-state index contributed by atoms with van der Waals surface area (Å²) in [5, 5.41) is 16.7. The fourth-order valence-electron chi connectivity index (χ4n) is 6.21. The summed E-state index contributed by atoms with van der Waals surface area (Å²) in [6.07, 6.45) is 0. The van der Waals surface area contributed by atoms with Crippen molar-refractivity contribution in [2.45, 2.75) is 19.9 Å². The smallest absolute Gasteiger partial charge is 0.325 e. The van der Waals surface area contributed by atoms with Crippen LogP contribution in [0.25, 0.3) is 16.8 Å². The number of nitrogens with zero attached hydrogens (tertiary/aromatic N) is 9. The number of amides is 3. The lowest BCUT2D eigenvalue weighted by molar-refractivity contribution is -0.132. The van der Waals surface area contributed by atoms with E-state index in [-0.39, 0.29) is 23.8 Å². The maximum absolute atomic E-state index is 13.9. The number of rotatable bonds is 5. The molecule has 3 amide bonds. The van der Waals surface area contributed by atoms with Crippen molar-refractivity contribution in [3.05, 3.63) is 88.5 Å². The van der Waals surface area contributed by atoms with Crippen LogP contribution in [-0.4, -0.2) is 86.5 Å². The third-order valence-electron chi connectivity index (χ3n) is 8.44. The molecule has 2 aliphatic heterocycles. The minimum absolute atomic E-state index is 0.0573. The van der Waals surface area contributed by atoms with Gasteiger partial charge in [0.2, 0.25) is 11.2 Å². The molecule has 5 aromatic rings. The summed E-state index contributed by atoms with van der Waals surface area (Å²) in [5.41, 5.74) is 5.90. The number of aryl methyl sites for hydroxylation is 2. The fraction of sp³-hybridized carbons (Fsp3) is 0.290. The predicted molar refractivity (Wildman–Crippen MR) is 165 cm³/mol. The normalized spacial score (nSPS) is 17.0. The Labute approximate surface area is 258 Å². The van der Waals surface area contributed by atoms with Gasteiger partial charge in [0.25, 0.3) is 0 Å². The summed E-state index contributed by atoms with van der Waals surface area (Å²) in [4.78, 5) is 34.9. The van der Waals surface area contributed by atoms with Gasteiger partial charge in [-0.2, -0.15) is 4.52 Å². The first kappa shape index (κ1) is 27.8. The zero-order chi connectivity index (χ0) is 30.5. The molecule has 0 saturated carbocycles. The van der Waals surface area contributed by atoms with Gasteiger partial charge in [-0.1, -0.05) is 41.6 Å². The molecule has 12 nitrogen and oxygen atoms in total. The molecule has 0 spiro atoms. The number of halogens is 1. The molecule has 0 N–H and O–H groups in total. The standard InChI is InChI=1S/C31H30ClN9O3/c1-19-28(20(2)44-36-19)22-9-10-24-23(17-22)29(21-7-5-4-6-8-21)40(31(43)37(24)3)18-27(42)39-15-13-38(14-16-39)26-12-11-25-33-34-30(32)41(25)35-26/h4-12,17,29H,13-16,18H2,1-3H3. The van der Waals surface area contributed by atoms with Gasteiger partial charge in [-0.15, -0.1) is 15.3 Å². The van der Waals surface area contributed by atoms with Gasteiger partial charge in [0.15, 0.2) is 5.65 Å². The monoisotopic (exact) mass is 611 g/mol. The number of carbonyl (C=O) groups excluding carboxylic acids is 2. The first-order valence-electron chi connectivity index (χ1n) is 14.4. The molecule has 1 fully saturated rings. The van der Waals surface area contributed by atoms with Crippen LogP contribution in [0.2, 0.25) is 5.28 Å². The number of benzene rings is 2. The number of piperazine rings is 1. The van der Waals surface area contributed by atoms with Crippen molar-refractivity contribution < 1.29 is 14.1 Å². The second-order valence-electron chi connectivity index (χ2n) is 11.1. The lowest BCUT2D eigenvalue weighted by Gasteiger charge is -2.43. The summed E-state index contributed by atoms with van der Waals surface area (Å²) in [5.74, 6) is 1.35. The third-order valence-corrected chi connectivity index (χ3v) is 8.67. The molecule has 44 heavy (non-hydrogen) atoms. The van der Waals surface area contributed by atoms with Gasteiger partial charge in [0, 0.05) is 44.4 Å².